The fourth-order valence-electron chi connectivity index (χ4n) is 3.36. The predicted octanol–water partition coefficient (Wildman–Crippen LogP) is 3.86. The van der Waals surface area contributed by atoms with Gasteiger partial charge in [-0.3, -0.25) is 4.79 Å². The van der Waals surface area contributed by atoms with Crippen molar-refractivity contribution in [2.75, 3.05) is 13.7 Å². The lowest BCUT2D eigenvalue weighted by molar-refractivity contribution is 0.0683. The first kappa shape index (κ1) is 17.4. The van der Waals surface area contributed by atoms with Crippen LogP contribution < -0.4 is 4.74 Å². The molecule has 0 N–H and O–H groups in total. The van der Waals surface area contributed by atoms with E-state index in [1.54, 1.807) is 37.6 Å². The Balaban J connectivity index is 1.73. The molecule has 1 aliphatic rings. The van der Waals surface area contributed by atoms with Gasteiger partial charge in [0, 0.05) is 24.8 Å². The molecule has 132 valence electrons. The lowest BCUT2D eigenvalue weighted by Gasteiger charge is -2.29. The van der Waals surface area contributed by atoms with Gasteiger partial charge >= 0.3 is 0 Å². The van der Waals surface area contributed by atoms with Gasteiger partial charge < -0.3 is 9.64 Å². The van der Waals surface area contributed by atoms with Crippen LogP contribution in [0.3, 0.4) is 0 Å². The molecule has 0 radical (unpaired) electrons. The number of ether oxygens (including phenoxy) is 1. The standard InChI is InChI=1S/C20H23FN2O2/c1-25-19-11-8-16(14-22-19)20(24)23(18-4-2-3-5-18)13-12-15-6-9-17(21)10-7-15/h6-11,14,18H,2-5,12-13H2,1H3. The highest BCUT2D eigenvalue weighted by Crippen LogP contribution is 2.25. The molecule has 5 heteroatoms. The van der Waals surface area contributed by atoms with Crippen LogP contribution in [-0.4, -0.2) is 35.5 Å². The minimum atomic E-state index is -0.239. The Labute approximate surface area is 147 Å². The van der Waals surface area contributed by atoms with E-state index in [1.165, 1.54) is 12.1 Å². The van der Waals surface area contributed by atoms with Gasteiger partial charge in [-0.05, 0) is 43.0 Å². The Hall–Kier alpha value is -2.43. The highest BCUT2D eigenvalue weighted by molar-refractivity contribution is 5.94. The number of amides is 1. The van der Waals surface area contributed by atoms with Crippen molar-refractivity contribution in [3.05, 3.63) is 59.5 Å². The summed E-state index contributed by atoms with van der Waals surface area (Å²) in [6, 6.07) is 10.2. The summed E-state index contributed by atoms with van der Waals surface area (Å²) < 4.78 is 18.1. The SMILES string of the molecule is COc1ccc(C(=O)N(CCc2ccc(F)cc2)C2CCCC2)cn1. The molecule has 0 spiro atoms. The van der Waals surface area contributed by atoms with Crippen molar-refractivity contribution in [3.63, 3.8) is 0 Å². The molecule has 1 amide bonds. The first-order valence-corrected chi connectivity index (χ1v) is 8.73. The molecule has 2 aromatic rings. The maximum absolute atomic E-state index is 13.1. The van der Waals surface area contributed by atoms with E-state index in [4.69, 9.17) is 4.74 Å². The van der Waals surface area contributed by atoms with E-state index in [1.807, 2.05) is 4.90 Å². The van der Waals surface area contributed by atoms with Gasteiger partial charge in [-0.1, -0.05) is 25.0 Å². The van der Waals surface area contributed by atoms with Crippen LogP contribution in [0.5, 0.6) is 5.88 Å². The fourth-order valence-corrected chi connectivity index (χ4v) is 3.36. The summed E-state index contributed by atoms with van der Waals surface area (Å²) in [6.07, 6.45) is 6.68. The van der Waals surface area contributed by atoms with E-state index >= 15 is 0 Å². The normalized spacial score (nSPS) is 14.5. The number of carbonyl (C=O) groups excluding carboxylic acids is 1. The summed E-state index contributed by atoms with van der Waals surface area (Å²) in [6.45, 7) is 0.626. The van der Waals surface area contributed by atoms with Crippen molar-refractivity contribution < 1.29 is 13.9 Å². The van der Waals surface area contributed by atoms with Crippen molar-refractivity contribution in [3.8, 4) is 5.88 Å². The van der Waals surface area contributed by atoms with E-state index in [0.29, 0.717) is 24.4 Å². The van der Waals surface area contributed by atoms with E-state index in [2.05, 4.69) is 4.98 Å². The molecule has 1 aromatic heterocycles. The second-order valence-electron chi connectivity index (χ2n) is 6.40. The molecule has 4 nitrogen and oxygen atoms in total. The van der Waals surface area contributed by atoms with Gasteiger partial charge in [-0.15, -0.1) is 0 Å². The smallest absolute Gasteiger partial charge is 0.255 e. The van der Waals surface area contributed by atoms with Gasteiger partial charge in [-0.25, -0.2) is 9.37 Å². The van der Waals surface area contributed by atoms with Crippen LogP contribution in [0.4, 0.5) is 4.39 Å². The Morgan fingerprint density at radius 2 is 1.92 bits per heavy atom. The van der Waals surface area contributed by atoms with Crippen molar-refractivity contribution in [1.29, 1.82) is 0 Å². The second kappa shape index (κ2) is 8.10. The summed E-state index contributed by atoms with van der Waals surface area (Å²) in [5, 5.41) is 0. The Morgan fingerprint density at radius 1 is 1.20 bits per heavy atom. The highest BCUT2D eigenvalue weighted by atomic mass is 19.1. The van der Waals surface area contributed by atoms with Crippen LogP contribution in [0.1, 0.15) is 41.6 Å². The van der Waals surface area contributed by atoms with Crippen LogP contribution in [0.25, 0.3) is 0 Å². The summed E-state index contributed by atoms with van der Waals surface area (Å²) >= 11 is 0. The number of pyridine rings is 1. The first-order chi connectivity index (χ1) is 12.2. The van der Waals surface area contributed by atoms with Crippen molar-refractivity contribution in [2.45, 2.75) is 38.1 Å². The molecule has 1 saturated carbocycles. The van der Waals surface area contributed by atoms with Gasteiger partial charge in [0.15, 0.2) is 0 Å². The van der Waals surface area contributed by atoms with Gasteiger partial charge in [0.1, 0.15) is 5.82 Å². The van der Waals surface area contributed by atoms with Crippen molar-refractivity contribution in [1.82, 2.24) is 9.88 Å². The lowest BCUT2D eigenvalue weighted by Crippen LogP contribution is -2.40. The number of halogens is 1. The molecular formula is C20H23FN2O2. The quantitative estimate of drug-likeness (QED) is 0.801. The molecule has 3 rings (SSSR count). The Morgan fingerprint density at radius 3 is 2.52 bits per heavy atom. The number of nitrogens with zero attached hydrogens (tertiary/aromatic N) is 2. The first-order valence-electron chi connectivity index (χ1n) is 8.73. The number of aromatic nitrogens is 1. The van der Waals surface area contributed by atoms with Crippen LogP contribution >= 0.6 is 0 Å². The summed E-state index contributed by atoms with van der Waals surface area (Å²) in [5.41, 5.74) is 1.61. The molecule has 0 unspecified atom stereocenters. The molecule has 25 heavy (non-hydrogen) atoms. The molecule has 1 heterocycles. The van der Waals surface area contributed by atoms with Gasteiger partial charge in [-0.2, -0.15) is 0 Å². The number of methoxy groups -OCH3 is 1. The molecule has 0 saturated heterocycles. The van der Waals surface area contributed by atoms with Crippen molar-refractivity contribution >= 4 is 5.91 Å². The van der Waals surface area contributed by atoms with E-state index in [0.717, 1.165) is 31.2 Å². The molecule has 1 fully saturated rings. The number of hydrogen-bond acceptors (Lipinski definition) is 3. The summed E-state index contributed by atoms with van der Waals surface area (Å²) in [7, 11) is 1.55. The van der Waals surface area contributed by atoms with Gasteiger partial charge in [0.25, 0.3) is 5.91 Å². The number of rotatable bonds is 6. The third kappa shape index (κ3) is 4.35. The number of hydrogen-bond donors (Lipinski definition) is 0. The summed E-state index contributed by atoms with van der Waals surface area (Å²) in [4.78, 5) is 19.1. The van der Waals surface area contributed by atoms with Crippen molar-refractivity contribution in [2.24, 2.45) is 0 Å². The molecular weight excluding hydrogens is 319 g/mol. The van der Waals surface area contributed by atoms with E-state index < -0.39 is 0 Å². The van der Waals surface area contributed by atoms with E-state index in [9.17, 15) is 9.18 Å². The Kier molecular flexibility index (Phi) is 5.64. The lowest BCUT2D eigenvalue weighted by atomic mass is 10.1. The zero-order valence-corrected chi connectivity index (χ0v) is 14.5. The summed E-state index contributed by atoms with van der Waals surface area (Å²) in [5.74, 6) is 0.260. The van der Waals surface area contributed by atoms with E-state index in [-0.39, 0.29) is 17.8 Å². The predicted molar refractivity (Wildman–Crippen MR) is 94.2 cm³/mol. The topological polar surface area (TPSA) is 42.4 Å². The number of benzene rings is 1. The van der Waals surface area contributed by atoms with Crippen LogP contribution in [0.15, 0.2) is 42.6 Å². The maximum atomic E-state index is 13.1. The average Bonchev–Trinajstić information content (AvgIpc) is 3.18. The third-order valence-corrected chi connectivity index (χ3v) is 4.77. The van der Waals surface area contributed by atoms with Crippen LogP contribution in [-0.2, 0) is 6.42 Å². The minimum absolute atomic E-state index is 0.00386. The molecule has 0 aliphatic heterocycles. The molecule has 1 aromatic carbocycles. The molecule has 0 atom stereocenters. The zero-order valence-electron chi connectivity index (χ0n) is 14.5. The van der Waals surface area contributed by atoms with Crippen LogP contribution in [0.2, 0.25) is 0 Å². The number of carbonyl (C=O) groups is 1. The van der Waals surface area contributed by atoms with Crippen LogP contribution in [0, 0.1) is 5.82 Å². The van der Waals surface area contributed by atoms with Gasteiger partial charge in [0.2, 0.25) is 5.88 Å². The maximum Gasteiger partial charge on any atom is 0.255 e. The molecule has 0 bridgehead atoms. The average molecular weight is 342 g/mol. The highest BCUT2D eigenvalue weighted by Gasteiger charge is 2.27. The third-order valence-electron chi connectivity index (χ3n) is 4.77. The molecule has 1 aliphatic carbocycles. The minimum Gasteiger partial charge on any atom is -0.481 e. The Bertz CT molecular complexity index is 695. The largest absolute Gasteiger partial charge is 0.481 e. The monoisotopic (exact) mass is 342 g/mol. The zero-order chi connectivity index (χ0) is 17.6. The second-order valence-corrected chi connectivity index (χ2v) is 6.40. The van der Waals surface area contributed by atoms with Gasteiger partial charge in [0.05, 0.1) is 12.7 Å². The fraction of sp³-hybridized carbons (Fsp3) is 0.400.